The highest BCUT2D eigenvalue weighted by Gasteiger charge is 2.27. The third-order valence-corrected chi connectivity index (χ3v) is 2.62. The Morgan fingerprint density at radius 2 is 1.21 bits per heavy atom. The van der Waals surface area contributed by atoms with Gasteiger partial charge in [0, 0.05) is 25.4 Å². The molecule has 0 aliphatic carbocycles. The predicted molar refractivity (Wildman–Crippen MR) is 74.0 cm³/mol. The molecule has 0 saturated heterocycles. The lowest BCUT2D eigenvalue weighted by molar-refractivity contribution is -0.163. The van der Waals surface area contributed by atoms with Crippen molar-refractivity contribution in [3.63, 3.8) is 0 Å². The second-order valence-corrected chi connectivity index (χ2v) is 4.34. The summed E-state index contributed by atoms with van der Waals surface area (Å²) in [5, 5.41) is 4.57. The van der Waals surface area contributed by atoms with Crippen LogP contribution >= 0.6 is 25.3 Å². The molecule has 0 aliphatic heterocycles. The molecule has 0 unspecified atom stereocenters. The fourth-order valence-electron chi connectivity index (χ4n) is 1.09. The van der Waals surface area contributed by atoms with Crippen molar-refractivity contribution in [2.75, 3.05) is 11.5 Å². The van der Waals surface area contributed by atoms with Gasteiger partial charge in [0.25, 0.3) is 0 Å². The molecule has 0 aliphatic rings. The lowest BCUT2D eigenvalue weighted by Crippen LogP contribution is -2.47. The molecule has 0 heterocycles. The Bertz CT molecular complexity index is 341. The topological polar surface area (TPSA) is 102 Å². The maximum absolute atomic E-state index is 11.6. The molecule has 2 amide bonds. The number of hydrogen-bond acceptors (Lipinski definition) is 7. The van der Waals surface area contributed by atoms with Crippen LogP contribution in [0.5, 0.6) is 0 Å². The number of nitrogens with one attached hydrogen (secondary N) is 2. The van der Waals surface area contributed by atoms with Gasteiger partial charge in [0.2, 0.25) is 11.8 Å². The predicted octanol–water partition coefficient (Wildman–Crippen LogP) is -1.07. The van der Waals surface area contributed by atoms with E-state index >= 15 is 0 Å². The number of esters is 2. The summed E-state index contributed by atoms with van der Waals surface area (Å²) < 4.78 is 4.55. The van der Waals surface area contributed by atoms with Crippen molar-refractivity contribution in [2.45, 2.75) is 25.9 Å². The van der Waals surface area contributed by atoms with Crippen LogP contribution in [0.15, 0.2) is 0 Å². The fraction of sp³-hybridized carbons (Fsp3) is 0.600. The minimum absolute atomic E-state index is 0.0165. The number of carbonyl (C=O) groups is 4. The van der Waals surface area contributed by atoms with Gasteiger partial charge in [-0.3, -0.25) is 9.59 Å². The minimum Gasteiger partial charge on any atom is -0.390 e. The molecule has 7 nitrogen and oxygen atoms in total. The van der Waals surface area contributed by atoms with Gasteiger partial charge in [-0.2, -0.15) is 25.3 Å². The first-order valence-corrected chi connectivity index (χ1v) is 6.59. The maximum Gasteiger partial charge on any atom is 0.337 e. The van der Waals surface area contributed by atoms with Gasteiger partial charge in [-0.25, -0.2) is 9.59 Å². The summed E-state index contributed by atoms with van der Waals surface area (Å²) in [4.78, 5) is 44.8. The molecule has 19 heavy (non-hydrogen) atoms. The first kappa shape index (κ1) is 17.8. The van der Waals surface area contributed by atoms with Crippen LogP contribution in [-0.2, 0) is 23.9 Å². The molecule has 9 heteroatoms. The smallest absolute Gasteiger partial charge is 0.337 e. The normalized spacial score (nSPS) is 13.1. The molecule has 0 spiro atoms. The summed E-state index contributed by atoms with van der Waals surface area (Å²) in [5.41, 5.74) is 0. The van der Waals surface area contributed by atoms with Crippen LogP contribution in [0.3, 0.4) is 0 Å². The molecule has 108 valence electrons. The number of carbonyl (C=O) groups excluding carboxylic acids is 4. The Morgan fingerprint density at radius 3 is 1.42 bits per heavy atom. The van der Waals surface area contributed by atoms with Crippen LogP contribution in [0.25, 0.3) is 0 Å². The lowest BCUT2D eigenvalue weighted by atomic mass is 10.3. The van der Waals surface area contributed by atoms with Crippen molar-refractivity contribution in [3.8, 4) is 0 Å². The standard InChI is InChI=1S/C10H16N2O5S2/c1-5(13)11-7(3-18)9(15)17-10(16)8(4-19)12-6(2)14/h7-8,18-19H,3-4H2,1-2H3,(H,11,13)(H,12,14)/t7-,8-/m0/s1. The van der Waals surface area contributed by atoms with E-state index in [2.05, 4.69) is 40.6 Å². The van der Waals surface area contributed by atoms with E-state index in [0.29, 0.717) is 0 Å². The zero-order valence-electron chi connectivity index (χ0n) is 10.5. The van der Waals surface area contributed by atoms with E-state index in [4.69, 9.17) is 0 Å². The van der Waals surface area contributed by atoms with Crippen LogP contribution in [0, 0.1) is 0 Å². The highest BCUT2D eigenvalue weighted by atomic mass is 32.1. The quantitative estimate of drug-likeness (QED) is 0.284. The summed E-state index contributed by atoms with van der Waals surface area (Å²) in [7, 11) is 0. The van der Waals surface area contributed by atoms with Crippen LogP contribution in [0.2, 0.25) is 0 Å². The van der Waals surface area contributed by atoms with E-state index in [1.807, 2.05) is 0 Å². The van der Waals surface area contributed by atoms with Crippen molar-refractivity contribution >= 4 is 49.0 Å². The summed E-state index contributed by atoms with van der Waals surface area (Å²) in [6.45, 7) is 2.44. The largest absolute Gasteiger partial charge is 0.390 e. The Morgan fingerprint density at radius 1 is 0.895 bits per heavy atom. The average Bonchev–Trinajstić information content (AvgIpc) is 2.31. The van der Waals surface area contributed by atoms with E-state index < -0.39 is 35.8 Å². The molecule has 2 atom stereocenters. The summed E-state index contributed by atoms with van der Waals surface area (Å²) in [6.07, 6.45) is 0. The van der Waals surface area contributed by atoms with Crippen molar-refractivity contribution in [1.29, 1.82) is 0 Å². The van der Waals surface area contributed by atoms with Crippen LogP contribution in [0.1, 0.15) is 13.8 Å². The zero-order chi connectivity index (χ0) is 15.0. The van der Waals surface area contributed by atoms with Gasteiger partial charge in [-0.05, 0) is 0 Å². The molecular weight excluding hydrogens is 292 g/mol. The minimum atomic E-state index is -1.03. The fourth-order valence-corrected chi connectivity index (χ4v) is 1.57. The van der Waals surface area contributed by atoms with Crippen LogP contribution in [-0.4, -0.2) is 47.3 Å². The van der Waals surface area contributed by atoms with Gasteiger partial charge in [0.15, 0.2) is 0 Å². The summed E-state index contributed by atoms with van der Waals surface area (Å²) in [5.74, 6) is -2.80. The Balaban J connectivity index is 4.55. The highest BCUT2D eigenvalue weighted by molar-refractivity contribution is 7.80. The van der Waals surface area contributed by atoms with Crippen LogP contribution < -0.4 is 10.6 Å². The first-order chi connectivity index (χ1) is 8.81. The van der Waals surface area contributed by atoms with Gasteiger partial charge >= 0.3 is 11.9 Å². The molecule has 2 N–H and O–H groups in total. The molecule has 0 rings (SSSR count). The number of hydrogen-bond donors (Lipinski definition) is 4. The van der Waals surface area contributed by atoms with Crippen molar-refractivity contribution < 1.29 is 23.9 Å². The molecular formula is C10H16N2O5S2. The number of ether oxygens (including phenoxy) is 1. The zero-order valence-corrected chi connectivity index (χ0v) is 12.3. The van der Waals surface area contributed by atoms with E-state index in [1.165, 1.54) is 13.8 Å². The van der Waals surface area contributed by atoms with E-state index in [0.717, 1.165) is 0 Å². The molecule has 0 saturated carbocycles. The molecule has 0 aromatic rings. The molecule has 0 aromatic carbocycles. The molecule has 0 aromatic heterocycles. The highest BCUT2D eigenvalue weighted by Crippen LogP contribution is 1.98. The second-order valence-electron chi connectivity index (χ2n) is 3.61. The molecule has 0 bridgehead atoms. The number of rotatable bonds is 6. The van der Waals surface area contributed by atoms with Gasteiger partial charge in [0.1, 0.15) is 12.1 Å². The Labute approximate surface area is 121 Å². The third-order valence-electron chi connectivity index (χ3n) is 1.89. The Kier molecular flexibility index (Phi) is 8.24. The van der Waals surface area contributed by atoms with Crippen molar-refractivity contribution in [3.05, 3.63) is 0 Å². The first-order valence-electron chi connectivity index (χ1n) is 5.33. The summed E-state index contributed by atoms with van der Waals surface area (Å²) >= 11 is 7.74. The maximum atomic E-state index is 11.6. The number of thiol groups is 2. The average molecular weight is 308 g/mol. The van der Waals surface area contributed by atoms with Gasteiger partial charge in [-0.1, -0.05) is 0 Å². The van der Waals surface area contributed by atoms with Gasteiger partial charge in [0.05, 0.1) is 0 Å². The van der Waals surface area contributed by atoms with Crippen molar-refractivity contribution in [2.24, 2.45) is 0 Å². The molecule has 0 fully saturated rings. The van der Waals surface area contributed by atoms with Gasteiger partial charge < -0.3 is 15.4 Å². The van der Waals surface area contributed by atoms with Crippen LogP contribution in [0.4, 0.5) is 0 Å². The number of amides is 2. The molecule has 0 radical (unpaired) electrons. The van der Waals surface area contributed by atoms with Gasteiger partial charge in [-0.15, -0.1) is 0 Å². The van der Waals surface area contributed by atoms with Crippen molar-refractivity contribution in [1.82, 2.24) is 10.6 Å². The summed E-state index contributed by atoms with van der Waals surface area (Å²) in [6, 6.07) is -2.05. The monoisotopic (exact) mass is 308 g/mol. The lowest BCUT2D eigenvalue weighted by Gasteiger charge is -2.17. The van der Waals surface area contributed by atoms with E-state index in [-0.39, 0.29) is 11.5 Å². The third kappa shape index (κ3) is 7.06. The van der Waals surface area contributed by atoms with E-state index in [9.17, 15) is 19.2 Å². The van der Waals surface area contributed by atoms with E-state index in [1.54, 1.807) is 0 Å². The second kappa shape index (κ2) is 8.81. The Hall–Kier alpha value is -1.22. The SMILES string of the molecule is CC(=O)N[C@@H](CS)C(=O)OC(=O)[C@H](CS)NC(C)=O.